The van der Waals surface area contributed by atoms with Crippen molar-refractivity contribution in [3.8, 4) is 0 Å². The zero-order valence-electron chi connectivity index (χ0n) is 14.1. The average molecular weight is 380 g/mol. The minimum Gasteiger partial charge on any atom is -0.452 e. The van der Waals surface area contributed by atoms with Crippen molar-refractivity contribution in [1.82, 2.24) is 9.88 Å². The Morgan fingerprint density at radius 2 is 1.81 bits per heavy atom. The number of hydrogen-bond acceptors (Lipinski definition) is 4. The van der Waals surface area contributed by atoms with Gasteiger partial charge in [0.2, 0.25) is 0 Å². The quantitative estimate of drug-likeness (QED) is 0.639. The zero-order chi connectivity index (χ0) is 20.0. The Hall–Kier alpha value is -3.36. The van der Waals surface area contributed by atoms with Crippen LogP contribution in [0, 0.1) is 0 Å². The predicted molar refractivity (Wildman–Crippen MR) is 89.3 cm³/mol. The predicted octanol–water partition coefficient (Wildman–Crippen LogP) is 2.56. The van der Waals surface area contributed by atoms with Crippen LogP contribution in [0.4, 0.5) is 13.2 Å². The molecule has 0 aliphatic carbocycles. The minimum absolute atomic E-state index is 0.261. The molecule has 9 heteroatoms. The third-order valence-corrected chi connectivity index (χ3v) is 3.42. The number of carbonyl (C=O) groups is 3. The van der Waals surface area contributed by atoms with Gasteiger partial charge in [0.1, 0.15) is 5.69 Å². The van der Waals surface area contributed by atoms with Gasteiger partial charge in [0.05, 0.1) is 5.56 Å². The summed E-state index contributed by atoms with van der Waals surface area (Å²) >= 11 is 0. The maximum absolute atomic E-state index is 12.5. The number of hydrogen-bond donors (Lipinski definition) is 1. The van der Waals surface area contributed by atoms with E-state index in [2.05, 4.69) is 10.1 Å². The normalized spacial score (nSPS) is 11.4. The smallest absolute Gasteiger partial charge is 0.416 e. The summed E-state index contributed by atoms with van der Waals surface area (Å²) in [5.41, 5.74) is -0.193. The molecule has 142 valence electrons. The highest BCUT2D eigenvalue weighted by molar-refractivity contribution is 6.04. The van der Waals surface area contributed by atoms with Crippen molar-refractivity contribution in [3.05, 3.63) is 65.5 Å². The van der Waals surface area contributed by atoms with Crippen molar-refractivity contribution in [1.29, 1.82) is 0 Å². The maximum Gasteiger partial charge on any atom is 0.416 e. The molecule has 1 heterocycles. The van der Waals surface area contributed by atoms with E-state index in [9.17, 15) is 27.6 Å². The topological polar surface area (TPSA) is 77.4 Å². The molecule has 1 aromatic heterocycles. The number of imide groups is 1. The molecule has 0 bridgehead atoms. The summed E-state index contributed by atoms with van der Waals surface area (Å²) in [6.45, 7) is -0.674. The fraction of sp³-hybridized carbons (Fsp3) is 0.167. The van der Waals surface area contributed by atoms with Crippen molar-refractivity contribution < 1.29 is 32.3 Å². The molecule has 1 N–H and O–H groups in total. The van der Waals surface area contributed by atoms with Crippen LogP contribution < -0.4 is 5.32 Å². The lowest BCUT2D eigenvalue weighted by Crippen LogP contribution is -2.34. The second-order valence-corrected chi connectivity index (χ2v) is 5.44. The van der Waals surface area contributed by atoms with E-state index >= 15 is 0 Å². The standard InChI is InChI=1S/C18H15F3N2O4/c1-23-10-2-3-14(23)17(26)22-15(24)11-27-16(25)9-6-12-4-7-13(8-5-12)18(19,20)21/h2-10H,11H2,1H3,(H,22,24,26)/b9-6+. The Kier molecular flexibility index (Phi) is 6.17. The van der Waals surface area contributed by atoms with Crippen LogP contribution in [0.5, 0.6) is 0 Å². The zero-order valence-corrected chi connectivity index (χ0v) is 14.1. The molecule has 27 heavy (non-hydrogen) atoms. The number of benzene rings is 1. The van der Waals surface area contributed by atoms with Gasteiger partial charge in [0.25, 0.3) is 11.8 Å². The van der Waals surface area contributed by atoms with Crippen molar-refractivity contribution >= 4 is 23.9 Å². The van der Waals surface area contributed by atoms with Gasteiger partial charge >= 0.3 is 12.1 Å². The van der Waals surface area contributed by atoms with Crippen molar-refractivity contribution in [2.75, 3.05) is 6.61 Å². The highest BCUT2D eigenvalue weighted by Gasteiger charge is 2.29. The molecular formula is C18H15F3N2O4. The Labute approximate surface area is 152 Å². The van der Waals surface area contributed by atoms with Gasteiger partial charge in [-0.25, -0.2) is 4.79 Å². The highest BCUT2D eigenvalue weighted by atomic mass is 19.4. The first-order valence-electron chi connectivity index (χ1n) is 7.64. The average Bonchev–Trinajstić information content (AvgIpc) is 3.04. The van der Waals surface area contributed by atoms with E-state index in [4.69, 9.17) is 0 Å². The molecule has 0 spiro atoms. The number of aromatic nitrogens is 1. The molecule has 1 aromatic carbocycles. The molecular weight excluding hydrogens is 365 g/mol. The largest absolute Gasteiger partial charge is 0.452 e. The number of carbonyl (C=O) groups excluding carboxylic acids is 3. The molecule has 0 saturated heterocycles. The fourth-order valence-electron chi connectivity index (χ4n) is 2.06. The van der Waals surface area contributed by atoms with Crippen LogP contribution >= 0.6 is 0 Å². The van der Waals surface area contributed by atoms with E-state index < -0.39 is 36.1 Å². The Morgan fingerprint density at radius 3 is 2.37 bits per heavy atom. The van der Waals surface area contributed by atoms with Gasteiger partial charge < -0.3 is 9.30 Å². The second kappa shape index (κ2) is 8.35. The summed E-state index contributed by atoms with van der Waals surface area (Å²) in [6, 6.07) is 7.30. The maximum atomic E-state index is 12.5. The first-order chi connectivity index (χ1) is 12.7. The van der Waals surface area contributed by atoms with Gasteiger partial charge in [-0.05, 0) is 35.9 Å². The first kappa shape index (κ1) is 20.0. The van der Waals surface area contributed by atoms with E-state index in [-0.39, 0.29) is 5.69 Å². The second-order valence-electron chi connectivity index (χ2n) is 5.44. The van der Waals surface area contributed by atoms with Crippen LogP contribution in [-0.2, 0) is 27.5 Å². The summed E-state index contributed by atoms with van der Waals surface area (Å²) in [6.07, 6.45) is -0.596. The van der Waals surface area contributed by atoms with Gasteiger partial charge in [-0.3, -0.25) is 14.9 Å². The fourth-order valence-corrected chi connectivity index (χ4v) is 2.06. The number of ether oxygens (including phenoxy) is 1. The van der Waals surface area contributed by atoms with E-state index in [0.29, 0.717) is 5.56 Å². The molecule has 0 aliphatic rings. The molecule has 2 aromatic rings. The molecule has 2 rings (SSSR count). The van der Waals surface area contributed by atoms with Gasteiger partial charge in [0.15, 0.2) is 6.61 Å². The molecule has 0 aliphatic heterocycles. The minimum atomic E-state index is -4.44. The van der Waals surface area contributed by atoms with E-state index in [1.54, 1.807) is 19.3 Å². The van der Waals surface area contributed by atoms with Crippen LogP contribution in [0.15, 0.2) is 48.7 Å². The number of rotatable bonds is 5. The Bertz CT molecular complexity index is 867. The number of alkyl halides is 3. The summed E-state index contributed by atoms with van der Waals surface area (Å²) < 4.78 is 43.6. The van der Waals surface area contributed by atoms with E-state index in [0.717, 1.165) is 18.2 Å². The molecule has 0 unspecified atom stereocenters. The van der Waals surface area contributed by atoms with Gasteiger partial charge in [-0.1, -0.05) is 12.1 Å². The summed E-state index contributed by atoms with van der Waals surface area (Å²) in [5, 5.41) is 2.07. The van der Waals surface area contributed by atoms with Gasteiger partial charge in [-0.15, -0.1) is 0 Å². The van der Waals surface area contributed by atoms with E-state index in [1.807, 2.05) is 0 Å². The number of amides is 2. The molecule has 0 atom stereocenters. The van der Waals surface area contributed by atoms with Crippen molar-refractivity contribution in [2.45, 2.75) is 6.18 Å². The Balaban J connectivity index is 1.81. The number of nitrogens with one attached hydrogen (secondary N) is 1. The van der Waals surface area contributed by atoms with Crippen LogP contribution in [0.2, 0.25) is 0 Å². The van der Waals surface area contributed by atoms with Crippen LogP contribution in [0.25, 0.3) is 6.08 Å². The van der Waals surface area contributed by atoms with Crippen LogP contribution in [-0.4, -0.2) is 29.0 Å². The molecule has 2 amide bonds. The van der Waals surface area contributed by atoms with Gasteiger partial charge in [0, 0.05) is 19.3 Å². The third-order valence-electron chi connectivity index (χ3n) is 3.42. The first-order valence-corrected chi connectivity index (χ1v) is 7.64. The van der Waals surface area contributed by atoms with E-state index in [1.165, 1.54) is 28.8 Å². The number of esters is 1. The lowest BCUT2D eigenvalue weighted by Gasteiger charge is -2.06. The monoisotopic (exact) mass is 380 g/mol. The lowest BCUT2D eigenvalue weighted by molar-refractivity contribution is -0.143. The summed E-state index contributed by atoms with van der Waals surface area (Å²) in [7, 11) is 1.63. The molecule has 0 saturated carbocycles. The van der Waals surface area contributed by atoms with Crippen molar-refractivity contribution in [2.24, 2.45) is 7.05 Å². The lowest BCUT2D eigenvalue weighted by atomic mass is 10.1. The number of aryl methyl sites for hydroxylation is 1. The molecule has 0 fully saturated rings. The van der Waals surface area contributed by atoms with Crippen LogP contribution in [0.3, 0.4) is 0 Å². The Morgan fingerprint density at radius 1 is 1.15 bits per heavy atom. The molecule has 6 nitrogen and oxygen atoms in total. The summed E-state index contributed by atoms with van der Waals surface area (Å²) in [4.78, 5) is 35.0. The number of nitrogens with zero attached hydrogens (tertiary/aromatic N) is 1. The van der Waals surface area contributed by atoms with Gasteiger partial charge in [-0.2, -0.15) is 13.2 Å². The molecule has 0 radical (unpaired) electrons. The SMILES string of the molecule is Cn1cccc1C(=O)NC(=O)COC(=O)/C=C/c1ccc(C(F)(F)F)cc1. The highest BCUT2D eigenvalue weighted by Crippen LogP contribution is 2.29. The summed E-state index contributed by atoms with van der Waals surface area (Å²) in [5.74, 6) is -2.32. The van der Waals surface area contributed by atoms with Crippen LogP contribution in [0.1, 0.15) is 21.6 Å². The number of halogens is 3. The van der Waals surface area contributed by atoms with Crippen molar-refractivity contribution in [3.63, 3.8) is 0 Å². The third kappa shape index (κ3) is 5.84.